The number of aromatic nitrogens is 5. The first-order valence-corrected chi connectivity index (χ1v) is 10.4. The predicted molar refractivity (Wildman–Crippen MR) is 120 cm³/mol. The Balaban J connectivity index is 1.41. The molecule has 0 saturated carbocycles. The molecule has 0 bridgehead atoms. The first kappa shape index (κ1) is 21.2. The second kappa shape index (κ2) is 9.01. The number of anilines is 1. The summed E-state index contributed by atoms with van der Waals surface area (Å²) in [7, 11) is 0. The third kappa shape index (κ3) is 4.66. The van der Waals surface area contributed by atoms with Gasteiger partial charge >= 0.3 is 5.97 Å². The number of hydrogen-bond donors (Lipinski definition) is 2. The smallest absolute Gasteiger partial charge is 0.303 e. The summed E-state index contributed by atoms with van der Waals surface area (Å²) in [5, 5.41) is 19.9. The minimum absolute atomic E-state index is 0.156. The Morgan fingerprint density at radius 2 is 1.88 bits per heavy atom. The van der Waals surface area contributed by atoms with E-state index in [1.807, 2.05) is 61.0 Å². The van der Waals surface area contributed by atoms with Crippen molar-refractivity contribution in [3.8, 4) is 11.3 Å². The van der Waals surface area contributed by atoms with Crippen molar-refractivity contribution in [1.82, 2.24) is 24.4 Å². The number of carbonyl (C=O) groups is 2. The molecule has 0 aliphatic rings. The molecule has 1 amide bonds. The highest BCUT2D eigenvalue weighted by Crippen LogP contribution is 2.21. The van der Waals surface area contributed by atoms with E-state index in [0.717, 1.165) is 29.1 Å². The number of fused-ring (bicyclic) bond motifs is 1. The number of nitrogens with zero attached hydrogens (tertiary/aromatic N) is 5. The molecule has 2 N–H and O–H groups in total. The number of carbonyl (C=O) groups excluding carboxylic acids is 1. The van der Waals surface area contributed by atoms with Gasteiger partial charge in [0.15, 0.2) is 0 Å². The Morgan fingerprint density at radius 3 is 2.62 bits per heavy atom. The summed E-state index contributed by atoms with van der Waals surface area (Å²) >= 11 is 0. The van der Waals surface area contributed by atoms with Crippen molar-refractivity contribution in [1.29, 1.82) is 0 Å². The van der Waals surface area contributed by atoms with Crippen molar-refractivity contribution >= 4 is 23.2 Å². The van der Waals surface area contributed by atoms with Gasteiger partial charge in [-0.05, 0) is 51.0 Å². The number of nitrogens with one attached hydrogen (secondary N) is 1. The lowest BCUT2D eigenvalue weighted by Gasteiger charge is -2.06. The highest BCUT2D eigenvalue weighted by molar-refractivity contribution is 6.08. The maximum absolute atomic E-state index is 12.8. The number of carboxylic acid groups (broad SMARTS) is 1. The molecule has 0 saturated heterocycles. The number of unbranched alkanes of at least 4 members (excludes halogenated alkanes) is 1. The van der Waals surface area contributed by atoms with Crippen molar-refractivity contribution in [2.45, 2.75) is 39.7 Å². The Morgan fingerprint density at radius 1 is 1.09 bits per heavy atom. The lowest BCUT2D eigenvalue weighted by atomic mass is 10.1. The van der Waals surface area contributed by atoms with Crippen LogP contribution in [0.2, 0.25) is 0 Å². The third-order valence-electron chi connectivity index (χ3n) is 5.19. The molecule has 0 aliphatic carbocycles. The van der Waals surface area contributed by atoms with E-state index in [1.54, 1.807) is 10.7 Å². The maximum atomic E-state index is 12.8. The van der Waals surface area contributed by atoms with E-state index < -0.39 is 5.97 Å². The standard InChI is InChI=1S/C23H24N6O3/c1-15-13-16(2)29-12-10-19(22(29)24-15)23(32)25-18-8-6-17(7-9-18)20-14-28(27-26-20)11-4-3-5-21(30)31/h6-10,12-14H,3-5,11H2,1-2H3,(H,25,32)(H,30,31). The molecule has 0 atom stereocenters. The summed E-state index contributed by atoms with van der Waals surface area (Å²) < 4.78 is 3.61. The summed E-state index contributed by atoms with van der Waals surface area (Å²) in [4.78, 5) is 27.9. The predicted octanol–water partition coefficient (Wildman–Crippen LogP) is 3.72. The molecule has 1 aromatic carbocycles. The molecule has 3 heterocycles. The number of carboxylic acids is 1. The molecule has 9 nitrogen and oxygen atoms in total. The van der Waals surface area contributed by atoms with Crippen LogP contribution in [-0.4, -0.2) is 41.4 Å². The lowest BCUT2D eigenvalue weighted by Crippen LogP contribution is -2.12. The first-order chi connectivity index (χ1) is 15.4. The van der Waals surface area contributed by atoms with E-state index in [1.165, 1.54) is 0 Å². The topological polar surface area (TPSA) is 114 Å². The molecule has 3 aromatic heterocycles. The Labute approximate surface area is 184 Å². The SMILES string of the molecule is Cc1cc(C)n2ccc(C(=O)Nc3ccc(-c4cn(CCCCC(=O)O)nn4)cc3)c2n1. The molecule has 0 fully saturated rings. The molecule has 0 unspecified atom stereocenters. The number of aliphatic carboxylic acids is 1. The summed E-state index contributed by atoms with van der Waals surface area (Å²) in [6, 6.07) is 11.1. The van der Waals surface area contributed by atoms with Crippen LogP contribution in [0.5, 0.6) is 0 Å². The van der Waals surface area contributed by atoms with Crippen molar-refractivity contribution in [3.05, 3.63) is 65.7 Å². The summed E-state index contributed by atoms with van der Waals surface area (Å²) in [6.07, 6.45) is 5.16. The Hall–Kier alpha value is -4.01. The average Bonchev–Trinajstić information content (AvgIpc) is 3.39. The van der Waals surface area contributed by atoms with E-state index in [9.17, 15) is 9.59 Å². The number of amides is 1. The highest BCUT2D eigenvalue weighted by Gasteiger charge is 2.14. The van der Waals surface area contributed by atoms with Crippen molar-refractivity contribution in [2.24, 2.45) is 0 Å². The Kier molecular flexibility index (Phi) is 5.98. The quantitative estimate of drug-likeness (QED) is 0.410. The van der Waals surface area contributed by atoms with Gasteiger partial charge in [-0.2, -0.15) is 0 Å². The van der Waals surface area contributed by atoms with Gasteiger partial charge in [0.2, 0.25) is 0 Å². The summed E-state index contributed by atoms with van der Waals surface area (Å²) in [5.41, 5.74) is 5.30. The van der Waals surface area contributed by atoms with Crippen LogP contribution in [0.4, 0.5) is 5.69 Å². The van der Waals surface area contributed by atoms with Gasteiger partial charge in [-0.1, -0.05) is 17.3 Å². The second-order valence-corrected chi connectivity index (χ2v) is 7.71. The fourth-order valence-electron chi connectivity index (χ4n) is 3.58. The van der Waals surface area contributed by atoms with Crippen molar-refractivity contribution in [2.75, 3.05) is 5.32 Å². The van der Waals surface area contributed by atoms with Gasteiger partial charge in [0.05, 0.1) is 11.8 Å². The molecule has 0 radical (unpaired) electrons. The number of hydrogen-bond acceptors (Lipinski definition) is 5. The van der Waals surface area contributed by atoms with Crippen LogP contribution in [-0.2, 0) is 11.3 Å². The molecule has 4 rings (SSSR count). The van der Waals surface area contributed by atoms with Crippen LogP contribution in [0.1, 0.15) is 41.0 Å². The minimum atomic E-state index is -0.789. The van der Waals surface area contributed by atoms with Crippen molar-refractivity contribution in [3.63, 3.8) is 0 Å². The largest absolute Gasteiger partial charge is 0.481 e. The number of rotatable bonds is 8. The maximum Gasteiger partial charge on any atom is 0.303 e. The van der Waals surface area contributed by atoms with Crippen LogP contribution < -0.4 is 5.32 Å². The van der Waals surface area contributed by atoms with Gasteiger partial charge in [0, 0.05) is 41.8 Å². The highest BCUT2D eigenvalue weighted by atomic mass is 16.4. The van der Waals surface area contributed by atoms with E-state index >= 15 is 0 Å². The van der Waals surface area contributed by atoms with Crippen molar-refractivity contribution < 1.29 is 14.7 Å². The molecule has 0 spiro atoms. The monoisotopic (exact) mass is 432 g/mol. The van der Waals surface area contributed by atoms with Crippen LogP contribution in [0.15, 0.2) is 48.8 Å². The van der Waals surface area contributed by atoms with Crippen LogP contribution >= 0.6 is 0 Å². The second-order valence-electron chi connectivity index (χ2n) is 7.71. The average molecular weight is 432 g/mol. The molecule has 0 aliphatic heterocycles. The molecular weight excluding hydrogens is 408 g/mol. The van der Waals surface area contributed by atoms with E-state index in [4.69, 9.17) is 5.11 Å². The van der Waals surface area contributed by atoms with Crippen LogP contribution in [0, 0.1) is 13.8 Å². The fourth-order valence-corrected chi connectivity index (χ4v) is 3.58. The normalized spacial score (nSPS) is 11.1. The zero-order valence-electron chi connectivity index (χ0n) is 17.9. The fraction of sp³-hybridized carbons (Fsp3) is 0.261. The molecule has 32 heavy (non-hydrogen) atoms. The first-order valence-electron chi connectivity index (χ1n) is 10.4. The summed E-state index contributed by atoms with van der Waals surface area (Å²) in [5.74, 6) is -1.01. The van der Waals surface area contributed by atoms with Gasteiger partial charge in [-0.25, -0.2) is 4.98 Å². The molecular formula is C23H24N6O3. The zero-order valence-corrected chi connectivity index (χ0v) is 17.9. The van der Waals surface area contributed by atoms with Gasteiger partial charge in [-0.15, -0.1) is 5.10 Å². The summed E-state index contributed by atoms with van der Waals surface area (Å²) in [6.45, 7) is 4.51. The van der Waals surface area contributed by atoms with E-state index in [2.05, 4.69) is 20.6 Å². The molecule has 9 heteroatoms. The Bertz CT molecular complexity index is 1270. The molecule has 4 aromatic rings. The zero-order chi connectivity index (χ0) is 22.7. The van der Waals surface area contributed by atoms with Crippen LogP contribution in [0.25, 0.3) is 16.9 Å². The van der Waals surface area contributed by atoms with E-state index in [0.29, 0.717) is 29.9 Å². The molecule has 164 valence electrons. The van der Waals surface area contributed by atoms with Gasteiger partial charge in [0.1, 0.15) is 11.3 Å². The van der Waals surface area contributed by atoms with Gasteiger partial charge in [-0.3, -0.25) is 14.3 Å². The third-order valence-corrected chi connectivity index (χ3v) is 5.19. The number of benzene rings is 1. The van der Waals surface area contributed by atoms with Gasteiger partial charge in [0.25, 0.3) is 5.91 Å². The number of aryl methyl sites for hydroxylation is 3. The van der Waals surface area contributed by atoms with Crippen LogP contribution in [0.3, 0.4) is 0 Å². The lowest BCUT2D eigenvalue weighted by molar-refractivity contribution is -0.137. The minimum Gasteiger partial charge on any atom is -0.481 e. The van der Waals surface area contributed by atoms with E-state index in [-0.39, 0.29) is 12.3 Å². The van der Waals surface area contributed by atoms with Gasteiger partial charge < -0.3 is 14.8 Å².